The molecule has 1 saturated carbocycles. The third kappa shape index (κ3) is 3.72. The van der Waals surface area contributed by atoms with Crippen molar-refractivity contribution >= 4 is 23.2 Å². The van der Waals surface area contributed by atoms with E-state index in [-0.39, 0.29) is 23.4 Å². The van der Waals surface area contributed by atoms with Gasteiger partial charge in [-0.3, -0.25) is 9.98 Å². The van der Waals surface area contributed by atoms with Crippen molar-refractivity contribution < 1.29 is 14.2 Å². The van der Waals surface area contributed by atoms with Crippen LogP contribution < -0.4 is 26.4 Å². The normalized spacial score (nSPS) is 15.0. The molecule has 3 heterocycles. The molecule has 0 radical (unpaired) electrons. The number of aromatic hydroxyl groups is 1. The Morgan fingerprint density at radius 2 is 2.19 bits per heavy atom. The van der Waals surface area contributed by atoms with Crippen LogP contribution in [0.25, 0.3) is 11.7 Å². The number of halogens is 1. The van der Waals surface area contributed by atoms with E-state index in [0.29, 0.717) is 27.9 Å². The van der Waals surface area contributed by atoms with Gasteiger partial charge in [-0.1, -0.05) is 0 Å². The summed E-state index contributed by atoms with van der Waals surface area (Å²) >= 11 is 0. The number of hydrogen-bond acceptors (Lipinski definition) is 7. The Bertz CT molecular complexity index is 1470. The van der Waals surface area contributed by atoms with Crippen molar-refractivity contribution in [2.45, 2.75) is 18.9 Å². The van der Waals surface area contributed by atoms with Crippen molar-refractivity contribution in [3.63, 3.8) is 0 Å². The molecule has 0 atom stereocenters. The van der Waals surface area contributed by atoms with Crippen molar-refractivity contribution in [2.24, 2.45) is 4.99 Å². The third-order valence-corrected chi connectivity index (χ3v) is 4.80. The molecule has 5 rings (SSSR count). The van der Waals surface area contributed by atoms with E-state index >= 15 is 0 Å². The molecule has 10 nitrogen and oxygen atoms in total. The fourth-order valence-electron chi connectivity index (χ4n) is 3.15. The van der Waals surface area contributed by atoms with Crippen LogP contribution in [-0.2, 0) is 0 Å². The van der Waals surface area contributed by atoms with Gasteiger partial charge in [-0.05, 0) is 31.1 Å². The molecular formula is C20H18FN7O3. The lowest BCUT2D eigenvalue weighted by Crippen LogP contribution is -2.19. The highest BCUT2D eigenvalue weighted by atomic mass is 19.1. The summed E-state index contributed by atoms with van der Waals surface area (Å²) in [5, 5.41) is 17.9. The molecule has 0 amide bonds. The molecule has 1 aliphatic carbocycles. The monoisotopic (exact) mass is 423 g/mol. The fraction of sp³-hybridized carbons (Fsp3) is 0.200. The molecule has 1 fully saturated rings. The number of nitrogens with one attached hydrogen (secondary N) is 3. The Hall–Kier alpha value is -4.15. The number of hydrogen-bond donors (Lipinski definition) is 4. The first-order chi connectivity index (χ1) is 15.0. The van der Waals surface area contributed by atoms with Crippen LogP contribution in [0.1, 0.15) is 18.5 Å². The second-order valence-electron chi connectivity index (χ2n) is 7.16. The Morgan fingerprint density at radius 3 is 2.90 bits per heavy atom. The van der Waals surface area contributed by atoms with E-state index in [9.17, 15) is 14.3 Å². The van der Waals surface area contributed by atoms with E-state index in [4.69, 9.17) is 9.73 Å². The molecule has 158 valence electrons. The first kappa shape index (κ1) is 18.9. The Labute approximate surface area is 173 Å². The van der Waals surface area contributed by atoms with E-state index in [2.05, 4.69) is 25.4 Å². The quantitative estimate of drug-likeness (QED) is 0.378. The number of imidazole rings is 1. The zero-order chi connectivity index (χ0) is 21.5. The molecule has 1 aliphatic rings. The van der Waals surface area contributed by atoms with Crippen molar-refractivity contribution in [3.05, 3.63) is 63.2 Å². The topological polar surface area (TPSA) is 133 Å². The van der Waals surface area contributed by atoms with Crippen LogP contribution in [-0.4, -0.2) is 42.8 Å². The summed E-state index contributed by atoms with van der Waals surface area (Å²) in [6.45, 7) is 0. The van der Waals surface area contributed by atoms with Crippen LogP contribution in [0.15, 0.2) is 40.2 Å². The van der Waals surface area contributed by atoms with Gasteiger partial charge in [0, 0.05) is 23.0 Å². The summed E-state index contributed by atoms with van der Waals surface area (Å²) in [4.78, 5) is 25.5. The summed E-state index contributed by atoms with van der Waals surface area (Å²) in [7, 11) is 1.40. The number of anilines is 2. The molecule has 4 N–H and O–H groups in total. The van der Waals surface area contributed by atoms with Gasteiger partial charge in [0.2, 0.25) is 5.88 Å². The molecule has 11 heteroatoms. The molecule has 0 bridgehead atoms. The number of fused-ring (bicyclic) bond motifs is 1. The molecule has 0 saturated heterocycles. The van der Waals surface area contributed by atoms with Gasteiger partial charge in [-0.15, -0.1) is 0 Å². The molecule has 4 aromatic rings. The number of rotatable bonds is 5. The minimum atomic E-state index is -0.523. The molecule has 3 aromatic heterocycles. The molecule has 0 unspecified atom stereocenters. The summed E-state index contributed by atoms with van der Waals surface area (Å²) in [6.07, 6.45) is 5.17. The number of H-pyrrole nitrogens is 2. The van der Waals surface area contributed by atoms with E-state index in [1.807, 2.05) is 0 Å². The van der Waals surface area contributed by atoms with Crippen molar-refractivity contribution in [1.29, 1.82) is 0 Å². The highest BCUT2D eigenvalue weighted by Gasteiger charge is 2.20. The minimum absolute atomic E-state index is 0.110. The second kappa shape index (κ2) is 7.27. The number of benzene rings is 1. The van der Waals surface area contributed by atoms with E-state index in [0.717, 1.165) is 12.8 Å². The number of aromatic nitrogens is 5. The Balaban J connectivity index is 1.65. The van der Waals surface area contributed by atoms with Crippen LogP contribution in [0, 0.1) is 5.82 Å². The third-order valence-electron chi connectivity index (χ3n) is 4.80. The van der Waals surface area contributed by atoms with Crippen molar-refractivity contribution in [3.8, 4) is 11.6 Å². The lowest BCUT2D eigenvalue weighted by atomic mass is 10.3. The average Bonchev–Trinajstić information content (AvgIpc) is 3.38. The standard InChI is InChI=1S/C20H18FN7O3/c1-31-15-7-12(4-5-13(15)21)23-16-8-17(24-11-2-3-11)28-18(26-16)10(9-22-28)6-14-19(29)27-20(30)25-14/h4-9,11,23,29H,2-3H2,1H3,(H2,25,27,30)/b10-6+,24-17?. The maximum absolute atomic E-state index is 13.7. The van der Waals surface area contributed by atoms with E-state index in [1.54, 1.807) is 28.9 Å². The summed E-state index contributed by atoms with van der Waals surface area (Å²) in [5.41, 5.74) is 1.36. The largest absolute Gasteiger partial charge is 0.494 e. The predicted octanol–water partition coefficient (Wildman–Crippen LogP) is 0.953. The van der Waals surface area contributed by atoms with Crippen molar-refractivity contribution in [2.75, 3.05) is 12.4 Å². The highest BCUT2D eigenvalue weighted by Crippen LogP contribution is 2.24. The first-order valence-corrected chi connectivity index (χ1v) is 9.56. The number of ether oxygens (including phenoxy) is 1. The zero-order valence-corrected chi connectivity index (χ0v) is 16.4. The van der Waals surface area contributed by atoms with Gasteiger partial charge >= 0.3 is 5.69 Å². The smallest absolute Gasteiger partial charge is 0.326 e. The average molecular weight is 423 g/mol. The van der Waals surface area contributed by atoms with E-state index < -0.39 is 11.5 Å². The lowest BCUT2D eigenvalue weighted by molar-refractivity contribution is 0.387. The summed E-state index contributed by atoms with van der Waals surface area (Å²) in [6, 6.07) is 6.41. The predicted molar refractivity (Wildman–Crippen MR) is 110 cm³/mol. The van der Waals surface area contributed by atoms with E-state index in [1.165, 1.54) is 19.2 Å². The minimum Gasteiger partial charge on any atom is -0.494 e. The van der Waals surface area contributed by atoms with Gasteiger partial charge in [0.25, 0.3) is 0 Å². The number of aromatic amines is 2. The Morgan fingerprint density at radius 1 is 1.35 bits per heavy atom. The van der Waals surface area contributed by atoms with Crippen LogP contribution >= 0.6 is 0 Å². The Kier molecular flexibility index (Phi) is 4.42. The van der Waals surface area contributed by atoms with Crippen molar-refractivity contribution in [1.82, 2.24) is 24.6 Å². The zero-order valence-electron chi connectivity index (χ0n) is 16.4. The number of nitrogens with zero attached hydrogens (tertiary/aromatic N) is 4. The first-order valence-electron chi connectivity index (χ1n) is 9.56. The summed E-state index contributed by atoms with van der Waals surface area (Å²) in [5.74, 6) is -0.157. The van der Waals surface area contributed by atoms with Gasteiger partial charge < -0.3 is 20.1 Å². The molecule has 1 aromatic carbocycles. The molecule has 31 heavy (non-hydrogen) atoms. The maximum atomic E-state index is 13.7. The second-order valence-corrected chi connectivity index (χ2v) is 7.16. The molecule has 0 aliphatic heterocycles. The SMILES string of the molecule is COc1cc(Nc2cc(=NC3CC3)n3nc/c(=C\c4[nH]c(=O)[nH]c4O)c3n2)ccc1F. The fourth-order valence-corrected chi connectivity index (χ4v) is 3.15. The summed E-state index contributed by atoms with van der Waals surface area (Å²) < 4.78 is 20.4. The van der Waals surface area contributed by atoms with Gasteiger partial charge in [0.05, 0.1) is 19.3 Å². The highest BCUT2D eigenvalue weighted by molar-refractivity contribution is 5.62. The van der Waals surface area contributed by atoms with Gasteiger partial charge in [0.15, 0.2) is 22.7 Å². The molecule has 0 spiro atoms. The maximum Gasteiger partial charge on any atom is 0.326 e. The van der Waals surface area contributed by atoms with Crippen LogP contribution in [0.3, 0.4) is 0 Å². The van der Waals surface area contributed by atoms with Crippen LogP contribution in [0.5, 0.6) is 11.6 Å². The van der Waals surface area contributed by atoms with Gasteiger partial charge in [-0.2, -0.15) is 9.61 Å². The van der Waals surface area contributed by atoms with Gasteiger partial charge in [-0.25, -0.2) is 14.2 Å². The van der Waals surface area contributed by atoms with Crippen LogP contribution in [0.2, 0.25) is 0 Å². The van der Waals surface area contributed by atoms with Crippen LogP contribution in [0.4, 0.5) is 15.9 Å². The van der Waals surface area contributed by atoms with Gasteiger partial charge in [0.1, 0.15) is 11.5 Å². The lowest BCUT2D eigenvalue weighted by Gasteiger charge is -2.09. The molecular weight excluding hydrogens is 405 g/mol. The number of methoxy groups -OCH3 is 1.